The highest BCUT2D eigenvalue weighted by atomic mass is 32.2. The first-order chi connectivity index (χ1) is 10.5. The minimum atomic E-state index is -3.53. The number of aryl methyl sites for hydroxylation is 1. The first-order valence-corrected chi connectivity index (χ1v) is 10.4. The van der Waals surface area contributed by atoms with Gasteiger partial charge in [0.15, 0.2) is 0 Å². The number of sulfonamides is 1. The maximum atomic E-state index is 13.2. The van der Waals surface area contributed by atoms with E-state index in [1.807, 2.05) is 11.8 Å². The Bertz CT molecular complexity index is 584. The second-order valence-corrected chi connectivity index (χ2v) is 8.97. The molecule has 0 amide bonds. The molecule has 0 aromatic heterocycles. The summed E-state index contributed by atoms with van der Waals surface area (Å²) in [6, 6.07) is 3.87. The molecule has 6 heteroatoms. The van der Waals surface area contributed by atoms with E-state index in [2.05, 4.69) is 4.72 Å². The van der Waals surface area contributed by atoms with Gasteiger partial charge in [0, 0.05) is 11.8 Å². The van der Waals surface area contributed by atoms with E-state index in [-0.39, 0.29) is 10.7 Å². The predicted molar refractivity (Wildman–Crippen MR) is 90.3 cm³/mol. The van der Waals surface area contributed by atoms with Crippen molar-refractivity contribution in [3.05, 3.63) is 29.6 Å². The molecule has 1 aliphatic carbocycles. The standard InChI is InChI=1S/C16H24FNO2S2/c1-13-12-15(8-9-16(13)17)22(19,20)18-10-5-11-21-14-6-3-2-4-7-14/h8-9,12,14,18H,2-7,10-11H2,1H3. The van der Waals surface area contributed by atoms with Gasteiger partial charge in [-0.2, -0.15) is 11.8 Å². The Balaban J connectivity index is 1.74. The van der Waals surface area contributed by atoms with E-state index in [1.54, 1.807) is 6.92 Å². The van der Waals surface area contributed by atoms with E-state index in [4.69, 9.17) is 0 Å². The Morgan fingerprint density at radius 2 is 2.00 bits per heavy atom. The van der Waals surface area contributed by atoms with E-state index in [0.717, 1.165) is 17.4 Å². The summed E-state index contributed by atoms with van der Waals surface area (Å²) in [5.41, 5.74) is 0.343. The number of hydrogen-bond donors (Lipinski definition) is 1. The number of nitrogens with one attached hydrogen (secondary N) is 1. The molecule has 1 aromatic rings. The molecule has 1 N–H and O–H groups in total. The molecule has 1 saturated carbocycles. The van der Waals surface area contributed by atoms with E-state index >= 15 is 0 Å². The van der Waals surface area contributed by atoms with E-state index in [9.17, 15) is 12.8 Å². The lowest BCUT2D eigenvalue weighted by atomic mass is 10.0. The molecule has 2 rings (SSSR count). The van der Waals surface area contributed by atoms with Crippen LogP contribution in [0.15, 0.2) is 23.1 Å². The second-order valence-electron chi connectivity index (χ2n) is 5.79. The van der Waals surface area contributed by atoms with Crippen molar-refractivity contribution in [1.29, 1.82) is 0 Å². The summed E-state index contributed by atoms with van der Waals surface area (Å²) in [4.78, 5) is 0.131. The highest BCUT2D eigenvalue weighted by molar-refractivity contribution is 7.99. The maximum Gasteiger partial charge on any atom is 0.240 e. The van der Waals surface area contributed by atoms with E-state index < -0.39 is 10.0 Å². The SMILES string of the molecule is Cc1cc(S(=O)(=O)NCCCSC2CCCCC2)ccc1F. The fourth-order valence-electron chi connectivity index (χ4n) is 2.63. The summed E-state index contributed by atoms with van der Waals surface area (Å²) in [7, 11) is -3.53. The molecule has 0 bridgehead atoms. The molecular weight excluding hydrogens is 321 g/mol. The van der Waals surface area contributed by atoms with Crippen LogP contribution in [-0.2, 0) is 10.0 Å². The van der Waals surface area contributed by atoms with Gasteiger partial charge in [-0.25, -0.2) is 17.5 Å². The van der Waals surface area contributed by atoms with Crippen LogP contribution in [0.4, 0.5) is 4.39 Å². The van der Waals surface area contributed by atoms with Gasteiger partial charge < -0.3 is 0 Å². The van der Waals surface area contributed by atoms with Crippen molar-refractivity contribution in [1.82, 2.24) is 4.72 Å². The zero-order chi connectivity index (χ0) is 16.0. The smallest absolute Gasteiger partial charge is 0.211 e. The summed E-state index contributed by atoms with van der Waals surface area (Å²) >= 11 is 1.96. The van der Waals surface area contributed by atoms with Gasteiger partial charge in [0.1, 0.15) is 5.82 Å². The van der Waals surface area contributed by atoms with Crippen LogP contribution in [0.1, 0.15) is 44.1 Å². The zero-order valence-electron chi connectivity index (χ0n) is 13.0. The quantitative estimate of drug-likeness (QED) is 0.763. The molecule has 0 unspecified atom stereocenters. The Morgan fingerprint density at radius 3 is 2.68 bits per heavy atom. The molecule has 0 saturated heterocycles. The predicted octanol–water partition coefficient (Wildman–Crippen LogP) is 3.87. The molecule has 1 aliphatic rings. The van der Waals surface area contributed by atoms with Crippen molar-refractivity contribution in [2.24, 2.45) is 0 Å². The van der Waals surface area contributed by atoms with Gasteiger partial charge in [-0.05, 0) is 55.7 Å². The van der Waals surface area contributed by atoms with Crippen molar-refractivity contribution in [2.75, 3.05) is 12.3 Å². The number of benzene rings is 1. The van der Waals surface area contributed by atoms with Crippen LogP contribution in [-0.4, -0.2) is 26.0 Å². The van der Waals surface area contributed by atoms with Crippen molar-refractivity contribution in [2.45, 2.75) is 55.6 Å². The first kappa shape index (κ1) is 17.8. The minimum Gasteiger partial charge on any atom is -0.211 e. The third-order valence-electron chi connectivity index (χ3n) is 3.96. The fraction of sp³-hybridized carbons (Fsp3) is 0.625. The molecule has 1 fully saturated rings. The summed E-state index contributed by atoms with van der Waals surface area (Å²) in [6.07, 6.45) is 7.42. The van der Waals surface area contributed by atoms with Gasteiger partial charge in [-0.3, -0.25) is 0 Å². The molecule has 124 valence electrons. The Kier molecular flexibility index (Phi) is 6.71. The summed E-state index contributed by atoms with van der Waals surface area (Å²) < 4.78 is 40.0. The maximum absolute atomic E-state index is 13.2. The second kappa shape index (κ2) is 8.31. The normalized spacial score (nSPS) is 16.8. The van der Waals surface area contributed by atoms with Gasteiger partial charge in [0.05, 0.1) is 4.90 Å². The highest BCUT2D eigenvalue weighted by Gasteiger charge is 2.16. The lowest BCUT2D eigenvalue weighted by molar-refractivity contribution is 0.516. The van der Waals surface area contributed by atoms with Crippen molar-refractivity contribution in [3.8, 4) is 0 Å². The third kappa shape index (κ3) is 5.25. The van der Waals surface area contributed by atoms with Gasteiger partial charge >= 0.3 is 0 Å². The van der Waals surface area contributed by atoms with Crippen LogP contribution < -0.4 is 4.72 Å². The van der Waals surface area contributed by atoms with Crippen LogP contribution in [0.25, 0.3) is 0 Å². The molecule has 22 heavy (non-hydrogen) atoms. The Labute approximate surface area is 137 Å². The minimum absolute atomic E-state index is 0.131. The van der Waals surface area contributed by atoms with Crippen LogP contribution in [0.3, 0.4) is 0 Å². The number of rotatable bonds is 7. The van der Waals surface area contributed by atoms with Crippen molar-refractivity contribution < 1.29 is 12.8 Å². The monoisotopic (exact) mass is 345 g/mol. The lowest BCUT2D eigenvalue weighted by Gasteiger charge is -2.20. The zero-order valence-corrected chi connectivity index (χ0v) is 14.6. The van der Waals surface area contributed by atoms with Crippen molar-refractivity contribution in [3.63, 3.8) is 0 Å². The summed E-state index contributed by atoms with van der Waals surface area (Å²) in [6.45, 7) is 1.99. The van der Waals surface area contributed by atoms with Crippen LogP contribution >= 0.6 is 11.8 Å². The average Bonchev–Trinajstić information content (AvgIpc) is 2.50. The molecule has 0 radical (unpaired) electrons. The van der Waals surface area contributed by atoms with Crippen LogP contribution in [0.2, 0.25) is 0 Å². The molecule has 0 spiro atoms. The summed E-state index contributed by atoms with van der Waals surface area (Å²) in [5, 5.41) is 0.755. The van der Waals surface area contributed by atoms with E-state index in [0.29, 0.717) is 12.1 Å². The molecular formula is C16H24FNO2S2. The van der Waals surface area contributed by atoms with Crippen LogP contribution in [0, 0.1) is 12.7 Å². The fourth-order valence-corrected chi connectivity index (χ4v) is 5.10. The molecule has 3 nitrogen and oxygen atoms in total. The molecule has 0 aliphatic heterocycles. The largest absolute Gasteiger partial charge is 0.240 e. The number of hydrogen-bond acceptors (Lipinski definition) is 3. The number of thioether (sulfide) groups is 1. The number of halogens is 1. The molecule has 1 aromatic carbocycles. The van der Waals surface area contributed by atoms with Gasteiger partial charge in [-0.15, -0.1) is 0 Å². The van der Waals surface area contributed by atoms with Crippen molar-refractivity contribution >= 4 is 21.8 Å². The Morgan fingerprint density at radius 1 is 1.27 bits per heavy atom. The molecule has 0 heterocycles. The van der Waals surface area contributed by atoms with Gasteiger partial charge in [0.2, 0.25) is 10.0 Å². The summed E-state index contributed by atoms with van der Waals surface area (Å²) in [5.74, 6) is 0.596. The average molecular weight is 346 g/mol. The topological polar surface area (TPSA) is 46.2 Å². The van der Waals surface area contributed by atoms with Crippen LogP contribution in [0.5, 0.6) is 0 Å². The third-order valence-corrected chi connectivity index (χ3v) is 6.88. The highest BCUT2D eigenvalue weighted by Crippen LogP contribution is 2.28. The first-order valence-electron chi connectivity index (χ1n) is 7.86. The Hall–Kier alpha value is -0.590. The van der Waals surface area contributed by atoms with E-state index in [1.165, 1.54) is 50.3 Å². The van der Waals surface area contributed by atoms with Gasteiger partial charge in [0.25, 0.3) is 0 Å². The molecule has 0 atom stereocenters. The lowest BCUT2D eigenvalue weighted by Crippen LogP contribution is -2.25. The van der Waals surface area contributed by atoms with Gasteiger partial charge in [-0.1, -0.05) is 19.3 Å².